The van der Waals surface area contributed by atoms with E-state index in [1.54, 1.807) is 0 Å². The molecule has 1 unspecified atom stereocenters. The number of rotatable bonds is 0. The smallest absolute Gasteiger partial charge is 0.133 e. The van der Waals surface area contributed by atoms with Crippen LogP contribution in [0.5, 0.6) is 5.75 Å². The van der Waals surface area contributed by atoms with Gasteiger partial charge in [-0.1, -0.05) is 12.1 Å². The highest BCUT2D eigenvalue weighted by Crippen LogP contribution is 2.42. The fourth-order valence-corrected chi connectivity index (χ4v) is 1.67. The Kier molecular flexibility index (Phi) is 1.64. The zero-order valence-electron chi connectivity index (χ0n) is 8.16. The van der Waals surface area contributed by atoms with Crippen LogP contribution in [0.3, 0.4) is 0 Å². The summed E-state index contributed by atoms with van der Waals surface area (Å²) in [5.41, 5.74) is 1.56. The third-order valence-corrected chi connectivity index (χ3v) is 2.50. The fraction of sp³-hybridized carbons (Fsp3) is 0.455. The first kappa shape index (κ1) is 8.57. The monoisotopic (exact) mass is 178 g/mol. The summed E-state index contributed by atoms with van der Waals surface area (Å²) >= 11 is 0. The summed E-state index contributed by atoms with van der Waals surface area (Å²) in [6.07, 6.45) is -0.511. The van der Waals surface area contributed by atoms with Crippen molar-refractivity contribution in [2.24, 2.45) is 0 Å². The molecule has 1 aromatic carbocycles. The van der Waals surface area contributed by atoms with Crippen LogP contribution in [0.15, 0.2) is 18.2 Å². The molecule has 2 nitrogen and oxygen atoms in total. The minimum atomic E-state index is -0.511. The molecular weight excluding hydrogens is 164 g/mol. The highest BCUT2D eigenvalue weighted by Gasteiger charge is 2.39. The highest BCUT2D eigenvalue weighted by molar-refractivity contribution is 5.43. The third kappa shape index (κ3) is 1.22. The van der Waals surface area contributed by atoms with E-state index in [2.05, 4.69) is 0 Å². The Bertz CT molecular complexity index is 342. The van der Waals surface area contributed by atoms with Crippen LogP contribution in [0.25, 0.3) is 0 Å². The van der Waals surface area contributed by atoms with Gasteiger partial charge in [-0.3, -0.25) is 0 Å². The van der Waals surface area contributed by atoms with Gasteiger partial charge >= 0.3 is 0 Å². The van der Waals surface area contributed by atoms with Gasteiger partial charge in [0.25, 0.3) is 0 Å². The summed E-state index contributed by atoms with van der Waals surface area (Å²) in [6, 6.07) is 5.89. The molecule has 1 atom stereocenters. The van der Waals surface area contributed by atoms with Crippen molar-refractivity contribution < 1.29 is 9.84 Å². The van der Waals surface area contributed by atoms with Gasteiger partial charge in [0.05, 0.1) is 0 Å². The molecule has 0 radical (unpaired) electrons. The first-order valence-corrected chi connectivity index (χ1v) is 4.48. The second kappa shape index (κ2) is 2.48. The highest BCUT2D eigenvalue weighted by atomic mass is 16.5. The molecule has 0 saturated carbocycles. The number of hydrogen-bond acceptors (Lipinski definition) is 2. The molecular formula is C11H14O2. The van der Waals surface area contributed by atoms with Gasteiger partial charge < -0.3 is 9.84 Å². The zero-order chi connectivity index (χ0) is 9.64. The Hall–Kier alpha value is -1.02. The van der Waals surface area contributed by atoms with E-state index in [-0.39, 0.29) is 0 Å². The van der Waals surface area contributed by atoms with Crippen LogP contribution < -0.4 is 4.74 Å². The van der Waals surface area contributed by atoms with Crippen LogP contribution in [-0.2, 0) is 0 Å². The Morgan fingerprint density at radius 1 is 1.38 bits per heavy atom. The molecule has 1 aliphatic heterocycles. The topological polar surface area (TPSA) is 29.5 Å². The predicted octanol–water partition coefficient (Wildman–Crippen LogP) is 2.20. The van der Waals surface area contributed by atoms with Gasteiger partial charge in [0.2, 0.25) is 0 Å². The van der Waals surface area contributed by atoms with E-state index in [0.29, 0.717) is 0 Å². The van der Waals surface area contributed by atoms with Gasteiger partial charge in [-0.25, -0.2) is 0 Å². The van der Waals surface area contributed by atoms with Gasteiger partial charge in [0.15, 0.2) is 0 Å². The summed E-state index contributed by atoms with van der Waals surface area (Å²) < 4.78 is 5.64. The lowest BCUT2D eigenvalue weighted by Crippen LogP contribution is -2.29. The maximum absolute atomic E-state index is 9.88. The third-order valence-electron chi connectivity index (χ3n) is 2.50. The van der Waals surface area contributed by atoms with Crippen molar-refractivity contribution in [2.75, 3.05) is 0 Å². The van der Waals surface area contributed by atoms with E-state index in [1.165, 1.54) is 0 Å². The number of ether oxygens (including phenoxy) is 1. The molecule has 0 spiro atoms. The van der Waals surface area contributed by atoms with Crippen LogP contribution in [0.2, 0.25) is 0 Å². The Morgan fingerprint density at radius 3 is 2.77 bits per heavy atom. The lowest BCUT2D eigenvalue weighted by Gasteiger charge is -2.21. The molecule has 1 heterocycles. The quantitative estimate of drug-likeness (QED) is 0.660. The predicted molar refractivity (Wildman–Crippen MR) is 50.8 cm³/mol. The molecule has 1 aliphatic rings. The summed E-state index contributed by atoms with van der Waals surface area (Å²) in [4.78, 5) is 0. The van der Waals surface area contributed by atoms with Gasteiger partial charge in [-0.05, 0) is 32.4 Å². The van der Waals surface area contributed by atoms with Crippen LogP contribution in [0.1, 0.15) is 31.1 Å². The Balaban J connectivity index is 2.50. The number of fused-ring (bicyclic) bond motifs is 1. The van der Waals surface area contributed by atoms with E-state index in [0.717, 1.165) is 16.9 Å². The minimum absolute atomic E-state index is 0.490. The number of aliphatic hydroxyl groups excluding tert-OH is 1. The minimum Gasteiger partial charge on any atom is -0.484 e. The normalized spacial score (nSPS) is 23.8. The van der Waals surface area contributed by atoms with Gasteiger partial charge in [0.1, 0.15) is 17.5 Å². The van der Waals surface area contributed by atoms with E-state index in [9.17, 15) is 5.11 Å². The van der Waals surface area contributed by atoms with E-state index in [4.69, 9.17) is 4.74 Å². The van der Waals surface area contributed by atoms with Crippen molar-refractivity contribution in [1.29, 1.82) is 0 Å². The van der Waals surface area contributed by atoms with Gasteiger partial charge in [0, 0.05) is 5.56 Å². The standard InChI is InChI=1S/C11H14O2/c1-7-4-5-8-9(6-7)13-11(2,3)10(8)12/h4-6,10,12H,1-3H3. The second-order valence-corrected chi connectivity index (χ2v) is 4.15. The fourth-order valence-electron chi connectivity index (χ4n) is 1.67. The average molecular weight is 178 g/mol. The molecule has 0 bridgehead atoms. The molecule has 1 N–H and O–H groups in total. The lowest BCUT2D eigenvalue weighted by atomic mass is 9.97. The Labute approximate surface area is 78.2 Å². The van der Waals surface area contributed by atoms with Crippen LogP contribution in [0.4, 0.5) is 0 Å². The summed E-state index contributed by atoms with van der Waals surface area (Å²) in [5.74, 6) is 0.817. The van der Waals surface area contributed by atoms with Crippen LogP contribution >= 0.6 is 0 Å². The SMILES string of the molecule is Cc1ccc2c(c1)OC(C)(C)C2O. The average Bonchev–Trinajstić information content (AvgIpc) is 2.22. The van der Waals surface area contributed by atoms with Crippen molar-refractivity contribution >= 4 is 0 Å². The first-order chi connectivity index (χ1) is 6.00. The van der Waals surface area contributed by atoms with Crippen LogP contribution in [-0.4, -0.2) is 10.7 Å². The van der Waals surface area contributed by atoms with Gasteiger partial charge in [-0.15, -0.1) is 0 Å². The van der Waals surface area contributed by atoms with Gasteiger partial charge in [-0.2, -0.15) is 0 Å². The molecule has 0 amide bonds. The molecule has 0 saturated heterocycles. The molecule has 0 fully saturated rings. The zero-order valence-corrected chi connectivity index (χ0v) is 8.16. The van der Waals surface area contributed by atoms with Crippen LogP contribution in [0, 0.1) is 6.92 Å². The van der Waals surface area contributed by atoms with Crippen molar-refractivity contribution in [2.45, 2.75) is 32.5 Å². The second-order valence-electron chi connectivity index (χ2n) is 4.15. The number of aliphatic hydroxyl groups is 1. The summed E-state index contributed by atoms with van der Waals surface area (Å²) in [6.45, 7) is 5.81. The number of benzene rings is 1. The van der Waals surface area contributed by atoms with Crippen molar-refractivity contribution in [3.8, 4) is 5.75 Å². The molecule has 70 valence electrons. The Morgan fingerprint density at radius 2 is 2.08 bits per heavy atom. The number of aryl methyl sites for hydroxylation is 1. The van der Waals surface area contributed by atoms with Crippen molar-refractivity contribution in [3.05, 3.63) is 29.3 Å². The molecule has 2 rings (SSSR count). The molecule has 2 heteroatoms. The molecule has 13 heavy (non-hydrogen) atoms. The lowest BCUT2D eigenvalue weighted by molar-refractivity contribution is 0.000547. The summed E-state index contributed by atoms with van der Waals surface area (Å²) in [5, 5.41) is 9.88. The molecule has 0 aromatic heterocycles. The molecule has 0 aliphatic carbocycles. The van der Waals surface area contributed by atoms with E-state index >= 15 is 0 Å². The van der Waals surface area contributed by atoms with Crippen molar-refractivity contribution in [3.63, 3.8) is 0 Å². The van der Waals surface area contributed by atoms with Crippen molar-refractivity contribution in [1.82, 2.24) is 0 Å². The summed E-state index contributed by atoms with van der Waals surface area (Å²) in [7, 11) is 0. The van der Waals surface area contributed by atoms with E-state index in [1.807, 2.05) is 39.0 Å². The maximum Gasteiger partial charge on any atom is 0.133 e. The molecule has 1 aromatic rings. The largest absolute Gasteiger partial charge is 0.484 e. The number of hydrogen-bond donors (Lipinski definition) is 1. The maximum atomic E-state index is 9.88. The van der Waals surface area contributed by atoms with E-state index < -0.39 is 11.7 Å². The first-order valence-electron chi connectivity index (χ1n) is 4.48.